The van der Waals surface area contributed by atoms with Crippen LogP contribution >= 0.6 is 15.9 Å². The Balaban J connectivity index is 2.34. The maximum atomic E-state index is 13.0. The van der Waals surface area contributed by atoms with Crippen molar-refractivity contribution in [2.24, 2.45) is 17.3 Å². The summed E-state index contributed by atoms with van der Waals surface area (Å²) in [6.07, 6.45) is 2.56. The largest absolute Gasteiger partial charge is 0.465 e. The van der Waals surface area contributed by atoms with Gasteiger partial charge in [-0.05, 0) is 50.9 Å². The van der Waals surface area contributed by atoms with Crippen molar-refractivity contribution < 1.29 is 28.5 Å². The Hall–Kier alpha value is -0.920. The maximum Gasteiger partial charge on any atom is 0.324 e. The number of allylic oxidation sites excluding steroid dienone is 1. The van der Waals surface area contributed by atoms with Crippen LogP contribution in [0, 0.1) is 17.3 Å². The summed E-state index contributed by atoms with van der Waals surface area (Å²) < 4.78 is 23.7. The van der Waals surface area contributed by atoms with E-state index in [0.29, 0.717) is 16.3 Å². The molecule has 1 saturated carbocycles. The molecule has 29 heavy (non-hydrogen) atoms. The lowest BCUT2D eigenvalue weighted by molar-refractivity contribution is -0.316. The number of halogens is 1. The summed E-state index contributed by atoms with van der Waals surface area (Å²) >= 11 is 3.31. The van der Waals surface area contributed by atoms with E-state index in [-0.39, 0.29) is 32.2 Å². The normalized spacial score (nSPS) is 28.9. The van der Waals surface area contributed by atoms with Gasteiger partial charge in [-0.3, -0.25) is 9.59 Å². The smallest absolute Gasteiger partial charge is 0.324 e. The first-order valence-corrected chi connectivity index (χ1v) is 11.4. The molecule has 2 fully saturated rings. The van der Waals surface area contributed by atoms with Crippen LogP contribution in [-0.4, -0.2) is 43.1 Å². The number of fused-ring (bicyclic) bond motifs is 1. The second kappa shape index (κ2) is 9.92. The van der Waals surface area contributed by atoms with Gasteiger partial charge in [-0.2, -0.15) is 0 Å². The van der Waals surface area contributed by atoms with Gasteiger partial charge in [0.15, 0.2) is 11.7 Å². The molecule has 0 N–H and O–H groups in total. The molecule has 2 rings (SSSR count). The molecule has 1 aliphatic heterocycles. The van der Waals surface area contributed by atoms with Crippen molar-refractivity contribution in [3.05, 3.63) is 11.1 Å². The summed E-state index contributed by atoms with van der Waals surface area (Å²) in [7, 11) is 0. The zero-order chi connectivity index (χ0) is 21.8. The first-order chi connectivity index (χ1) is 13.6. The van der Waals surface area contributed by atoms with E-state index >= 15 is 0 Å². The zero-order valence-corrected chi connectivity index (χ0v) is 19.9. The van der Waals surface area contributed by atoms with Gasteiger partial charge < -0.3 is 18.9 Å². The monoisotopic (exact) mass is 474 g/mol. The standard InChI is InChI=1S/C22H35BrO6/c1-7-26-19(24)22(12-15(4)23,20(25)27-8-2)13-18-28-17-11-14(3)9-10-16(17)21(5,6)29-18/h14,16-18H,4,7-13H2,1-3,5-6H3/t14-,16-,17-,18-/m1/s1. The number of ether oxygens (including phenoxy) is 4. The molecule has 1 saturated heterocycles. The van der Waals surface area contributed by atoms with Gasteiger partial charge in [-0.15, -0.1) is 0 Å². The fraction of sp³-hybridized carbons (Fsp3) is 0.818. The first-order valence-electron chi connectivity index (χ1n) is 10.6. The predicted molar refractivity (Wildman–Crippen MR) is 113 cm³/mol. The third-order valence-electron chi connectivity index (χ3n) is 6.05. The summed E-state index contributed by atoms with van der Waals surface area (Å²) in [5.74, 6) is -0.403. The molecule has 0 aromatic carbocycles. The minimum absolute atomic E-state index is 0.0241. The Morgan fingerprint density at radius 3 is 2.28 bits per heavy atom. The highest BCUT2D eigenvalue weighted by atomic mass is 79.9. The lowest BCUT2D eigenvalue weighted by atomic mass is 9.72. The van der Waals surface area contributed by atoms with Gasteiger partial charge in [0, 0.05) is 18.8 Å². The van der Waals surface area contributed by atoms with E-state index in [1.165, 1.54) is 0 Å². The molecule has 0 aromatic rings. The highest BCUT2D eigenvalue weighted by Crippen LogP contribution is 2.46. The van der Waals surface area contributed by atoms with E-state index in [9.17, 15) is 9.59 Å². The molecule has 0 unspecified atom stereocenters. The first kappa shape index (κ1) is 24.4. The van der Waals surface area contributed by atoms with Gasteiger partial charge in [0.2, 0.25) is 0 Å². The van der Waals surface area contributed by atoms with Gasteiger partial charge in [0.05, 0.1) is 24.9 Å². The number of carbonyl (C=O) groups is 2. The molecule has 4 atom stereocenters. The molecule has 0 radical (unpaired) electrons. The average Bonchev–Trinajstić information content (AvgIpc) is 2.59. The van der Waals surface area contributed by atoms with Crippen molar-refractivity contribution in [2.45, 2.75) is 84.7 Å². The molecule has 1 heterocycles. The number of esters is 2. The summed E-state index contributed by atoms with van der Waals surface area (Å²) in [5, 5.41) is 0. The molecular weight excluding hydrogens is 440 g/mol. The van der Waals surface area contributed by atoms with Crippen LogP contribution in [0.25, 0.3) is 0 Å². The Morgan fingerprint density at radius 1 is 1.17 bits per heavy atom. The summed E-state index contributed by atoms with van der Waals surface area (Å²) in [6.45, 7) is 13.9. The van der Waals surface area contributed by atoms with E-state index in [1.54, 1.807) is 13.8 Å². The molecule has 0 aromatic heterocycles. The predicted octanol–water partition coefficient (Wildman–Crippen LogP) is 4.74. The van der Waals surface area contributed by atoms with E-state index in [1.807, 2.05) is 0 Å². The SMILES string of the molecule is C=C(Br)CC(C[C@@H]1O[C@@H]2C[C@H](C)CC[C@H]2C(C)(C)O1)(C(=O)OCC)C(=O)OCC. The maximum absolute atomic E-state index is 13.0. The molecule has 0 amide bonds. The second-order valence-corrected chi connectivity index (χ2v) is 9.89. The van der Waals surface area contributed by atoms with Crippen molar-refractivity contribution in [1.29, 1.82) is 0 Å². The summed E-state index contributed by atoms with van der Waals surface area (Å²) in [5.41, 5.74) is -1.98. The van der Waals surface area contributed by atoms with Crippen LogP contribution < -0.4 is 0 Å². The number of rotatable bonds is 8. The highest BCUT2D eigenvalue weighted by molar-refractivity contribution is 9.11. The number of hydrogen-bond donors (Lipinski definition) is 0. The van der Waals surface area contributed by atoms with Crippen molar-refractivity contribution in [3.8, 4) is 0 Å². The highest BCUT2D eigenvalue weighted by Gasteiger charge is 2.54. The molecular formula is C22H35BrO6. The van der Waals surface area contributed by atoms with Crippen LogP contribution in [0.5, 0.6) is 0 Å². The van der Waals surface area contributed by atoms with Gasteiger partial charge in [0.25, 0.3) is 0 Å². The van der Waals surface area contributed by atoms with Gasteiger partial charge in [-0.1, -0.05) is 35.9 Å². The zero-order valence-electron chi connectivity index (χ0n) is 18.3. The minimum atomic E-state index is -1.57. The molecule has 0 spiro atoms. The Morgan fingerprint density at radius 2 is 1.76 bits per heavy atom. The van der Waals surface area contributed by atoms with Crippen molar-refractivity contribution in [2.75, 3.05) is 13.2 Å². The quantitative estimate of drug-likeness (QED) is 0.373. The van der Waals surface area contributed by atoms with E-state index in [2.05, 4.69) is 43.3 Å². The second-order valence-electron chi connectivity index (χ2n) is 8.77. The fourth-order valence-corrected chi connectivity index (χ4v) is 5.11. The van der Waals surface area contributed by atoms with Crippen LogP contribution in [0.2, 0.25) is 0 Å². The molecule has 1 aliphatic carbocycles. The summed E-state index contributed by atoms with van der Waals surface area (Å²) in [6, 6.07) is 0. The van der Waals surface area contributed by atoms with Crippen molar-refractivity contribution in [1.82, 2.24) is 0 Å². The summed E-state index contributed by atoms with van der Waals surface area (Å²) in [4.78, 5) is 26.0. The number of hydrogen-bond acceptors (Lipinski definition) is 6. The average molecular weight is 475 g/mol. The fourth-order valence-electron chi connectivity index (χ4n) is 4.63. The molecule has 166 valence electrons. The molecule has 2 aliphatic rings. The minimum Gasteiger partial charge on any atom is -0.465 e. The van der Waals surface area contributed by atoms with E-state index in [4.69, 9.17) is 18.9 Å². The van der Waals surface area contributed by atoms with Crippen LogP contribution in [0.1, 0.15) is 66.7 Å². The third-order valence-corrected chi connectivity index (χ3v) is 6.33. The topological polar surface area (TPSA) is 71.1 Å². The van der Waals surface area contributed by atoms with E-state index < -0.39 is 29.2 Å². The Labute approximate surface area is 182 Å². The van der Waals surface area contributed by atoms with Crippen molar-refractivity contribution >= 4 is 27.9 Å². The molecule has 0 bridgehead atoms. The number of carbonyl (C=O) groups excluding carboxylic acids is 2. The molecule has 7 heteroatoms. The van der Waals surface area contributed by atoms with Crippen molar-refractivity contribution in [3.63, 3.8) is 0 Å². The van der Waals surface area contributed by atoms with Crippen LogP contribution in [0.3, 0.4) is 0 Å². The van der Waals surface area contributed by atoms with Crippen LogP contribution in [0.4, 0.5) is 0 Å². The van der Waals surface area contributed by atoms with Gasteiger partial charge in [-0.25, -0.2) is 0 Å². The third kappa shape index (κ3) is 5.61. The van der Waals surface area contributed by atoms with Crippen LogP contribution in [-0.2, 0) is 28.5 Å². The lowest BCUT2D eigenvalue weighted by Crippen LogP contribution is -2.56. The van der Waals surface area contributed by atoms with Gasteiger partial charge in [0.1, 0.15) is 0 Å². The Bertz CT molecular complexity index is 598. The lowest BCUT2D eigenvalue weighted by Gasteiger charge is -2.51. The van der Waals surface area contributed by atoms with E-state index in [0.717, 1.165) is 19.3 Å². The van der Waals surface area contributed by atoms with Gasteiger partial charge >= 0.3 is 11.9 Å². The Kier molecular flexibility index (Phi) is 8.33. The molecule has 6 nitrogen and oxygen atoms in total. The van der Waals surface area contributed by atoms with Crippen LogP contribution in [0.15, 0.2) is 11.1 Å².